The standard InChI is InChI=1S/C9H12IN3/c1-2-11-9-7(10)8(6-3-4-6)12-5-13-9/h5-6H,2-4H2,1H3,(H,11,12,13). The van der Waals surface area contributed by atoms with Crippen molar-refractivity contribution in [3.63, 3.8) is 0 Å². The molecule has 1 aliphatic carbocycles. The Hall–Kier alpha value is -0.390. The normalized spacial score (nSPS) is 15.8. The van der Waals surface area contributed by atoms with Crippen LogP contribution in [0, 0.1) is 3.57 Å². The van der Waals surface area contributed by atoms with Crippen LogP contribution in [0.15, 0.2) is 6.33 Å². The van der Waals surface area contributed by atoms with Crippen LogP contribution in [0.3, 0.4) is 0 Å². The van der Waals surface area contributed by atoms with Gasteiger partial charge in [0.25, 0.3) is 0 Å². The molecule has 0 saturated heterocycles. The minimum atomic E-state index is 0.701. The first-order valence-corrected chi connectivity index (χ1v) is 5.65. The number of hydrogen-bond acceptors (Lipinski definition) is 3. The van der Waals surface area contributed by atoms with E-state index < -0.39 is 0 Å². The van der Waals surface area contributed by atoms with Gasteiger partial charge in [0.1, 0.15) is 12.1 Å². The van der Waals surface area contributed by atoms with Crippen molar-refractivity contribution in [3.05, 3.63) is 15.6 Å². The van der Waals surface area contributed by atoms with Gasteiger partial charge >= 0.3 is 0 Å². The van der Waals surface area contributed by atoms with Crippen molar-refractivity contribution in [1.29, 1.82) is 0 Å². The van der Waals surface area contributed by atoms with E-state index in [9.17, 15) is 0 Å². The average Bonchev–Trinajstić information content (AvgIpc) is 2.92. The fourth-order valence-corrected chi connectivity index (χ4v) is 2.23. The van der Waals surface area contributed by atoms with Crippen molar-refractivity contribution in [2.24, 2.45) is 0 Å². The van der Waals surface area contributed by atoms with Gasteiger partial charge in [-0.2, -0.15) is 0 Å². The molecule has 0 spiro atoms. The molecule has 0 aliphatic heterocycles. The van der Waals surface area contributed by atoms with Crippen LogP contribution in [0.4, 0.5) is 5.82 Å². The second-order valence-electron chi connectivity index (χ2n) is 3.23. The summed E-state index contributed by atoms with van der Waals surface area (Å²) in [5.74, 6) is 1.69. The van der Waals surface area contributed by atoms with Crippen molar-refractivity contribution in [2.45, 2.75) is 25.7 Å². The van der Waals surface area contributed by atoms with Crippen molar-refractivity contribution in [2.75, 3.05) is 11.9 Å². The Morgan fingerprint density at radius 2 is 2.31 bits per heavy atom. The van der Waals surface area contributed by atoms with Gasteiger partial charge in [-0.15, -0.1) is 0 Å². The highest BCUT2D eigenvalue weighted by Gasteiger charge is 2.28. The topological polar surface area (TPSA) is 37.8 Å². The summed E-state index contributed by atoms with van der Waals surface area (Å²) in [6, 6.07) is 0. The van der Waals surface area contributed by atoms with E-state index in [0.29, 0.717) is 5.92 Å². The molecule has 2 rings (SSSR count). The molecule has 3 nitrogen and oxygen atoms in total. The van der Waals surface area contributed by atoms with E-state index in [1.807, 2.05) is 0 Å². The Morgan fingerprint density at radius 1 is 1.54 bits per heavy atom. The van der Waals surface area contributed by atoms with E-state index in [-0.39, 0.29) is 0 Å². The van der Waals surface area contributed by atoms with Crippen LogP contribution in [-0.2, 0) is 0 Å². The third-order valence-electron chi connectivity index (χ3n) is 2.12. The molecule has 1 aliphatic rings. The second kappa shape index (κ2) is 3.77. The number of aromatic nitrogens is 2. The number of nitrogens with one attached hydrogen (secondary N) is 1. The van der Waals surface area contributed by atoms with Crippen LogP contribution in [0.1, 0.15) is 31.4 Å². The highest BCUT2D eigenvalue weighted by molar-refractivity contribution is 14.1. The van der Waals surface area contributed by atoms with Gasteiger partial charge in [0, 0.05) is 12.5 Å². The first-order valence-electron chi connectivity index (χ1n) is 4.57. The van der Waals surface area contributed by atoms with Gasteiger partial charge in [-0.05, 0) is 42.4 Å². The van der Waals surface area contributed by atoms with Crippen LogP contribution in [-0.4, -0.2) is 16.5 Å². The third kappa shape index (κ3) is 1.92. The fourth-order valence-electron chi connectivity index (χ4n) is 1.32. The number of anilines is 1. The van der Waals surface area contributed by atoms with Crippen molar-refractivity contribution < 1.29 is 0 Å². The molecule has 1 fully saturated rings. The maximum atomic E-state index is 4.32. The van der Waals surface area contributed by atoms with E-state index in [1.165, 1.54) is 22.1 Å². The summed E-state index contributed by atoms with van der Waals surface area (Å²) in [5, 5.41) is 3.24. The zero-order chi connectivity index (χ0) is 9.26. The van der Waals surface area contributed by atoms with E-state index in [2.05, 4.69) is 44.8 Å². The van der Waals surface area contributed by atoms with E-state index >= 15 is 0 Å². The minimum absolute atomic E-state index is 0.701. The summed E-state index contributed by atoms with van der Waals surface area (Å²) in [7, 11) is 0. The molecule has 1 aromatic heterocycles. The van der Waals surface area contributed by atoms with Crippen molar-refractivity contribution >= 4 is 28.4 Å². The average molecular weight is 289 g/mol. The molecule has 70 valence electrons. The van der Waals surface area contributed by atoms with Crippen LogP contribution >= 0.6 is 22.6 Å². The summed E-state index contributed by atoms with van der Waals surface area (Å²) >= 11 is 2.33. The van der Waals surface area contributed by atoms with Crippen molar-refractivity contribution in [3.8, 4) is 0 Å². The van der Waals surface area contributed by atoms with Gasteiger partial charge < -0.3 is 5.32 Å². The monoisotopic (exact) mass is 289 g/mol. The van der Waals surface area contributed by atoms with Gasteiger partial charge in [0.2, 0.25) is 0 Å². The fraction of sp³-hybridized carbons (Fsp3) is 0.556. The molecule has 0 bridgehead atoms. The highest BCUT2D eigenvalue weighted by atomic mass is 127. The van der Waals surface area contributed by atoms with Crippen LogP contribution in [0.2, 0.25) is 0 Å². The summed E-state index contributed by atoms with van der Waals surface area (Å²) in [5.41, 5.74) is 1.23. The lowest BCUT2D eigenvalue weighted by atomic mass is 10.3. The first kappa shape index (κ1) is 9.18. The SMILES string of the molecule is CCNc1ncnc(C2CC2)c1I. The molecule has 0 amide bonds. The maximum Gasteiger partial charge on any atom is 0.143 e. The molecule has 1 saturated carbocycles. The number of hydrogen-bond donors (Lipinski definition) is 1. The molecular formula is C9H12IN3. The van der Waals surface area contributed by atoms with E-state index in [1.54, 1.807) is 6.33 Å². The molecule has 0 radical (unpaired) electrons. The lowest BCUT2D eigenvalue weighted by molar-refractivity contribution is 0.965. The summed E-state index contributed by atoms with van der Waals surface area (Å²) in [4.78, 5) is 8.53. The lowest BCUT2D eigenvalue weighted by Gasteiger charge is -2.07. The third-order valence-corrected chi connectivity index (χ3v) is 3.19. The molecule has 1 aromatic rings. The largest absolute Gasteiger partial charge is 0.369 e. The molecule has 0 aromatic carbocycles. The van der Waals surface area contributed by atoms with Gasteiger partial charge in [-0.25, -0.2) is 9.97 Å². The van der Waals surface area contributed by atoms with Gasteiger partial charge in [0.05, 0.1) is 9.26 Å². The Labute approximate surface area is 91.5 Å². The van der Waals surface area contributed by atoms with Gasteiger partial charge in [0.15, 0.2) is 0 Å². The lowest BCUT2D eigenvalue weighted by Crippen LogP contribution is -2.04. The minimum Gasteiger partial charge on any atom is -0.369 e. The van der Waals surface area contributed by atoms with Crippen LogP contribution in [0.25, 0.3) is 0 Å². The predicted molar refractivity (Wildman–Crippen MR) is 60.9 cm³/mol. The molecule has 1 N–H and O–H groups in total. The Morgan fingerprint density at radius 3 is 2.92 bits per heavy atom. The Bertz CT molecular complexity index is 310. The number of halogens is 1. The molecule has 13 heavy (non-hydrogen) atoms. The molecular weight excluding hydrogens is 277 g/mol. The quantitative estimate of drug-likeness (QED) is 0.868. The van der Waals surface area contributed by atoms with Gasteiger partial charge in [-0.3, -0.25) is 0 Å². The maximum absolute atomic E-state index is 4.32. The smallest absolute Gasteiger partial charge is 0.143 e. The molecule has 1 heterocycles. The first-order chi connectivity index (χ1) is 6.33. The summed E-state index contributed by atoms with van der Waals surface area (Å²) in [6.45, 7) is 2.99. The second-order valence-corrected chi connectivity index (χ2v) is 4.30. The highest BCUT2D eigenvalue weighted by Crippen LogP contribution is 2.41. The Kier molecular flexibility index (Phi) is 2.66. The van der Waals surface area contributed by atoms with Crippen LogP contribution in [0.5, 0.6) is 0 Å². The summed E-state index contributed by atoms with van der Waals surface area (Å²) < 4.78 is 1.20. The van der Waals surface area contributed by atoms with Crippen molar-refractivity contribution in [1.82, 2.24) is 9.97 Å². The molecule has 0 atom stereocenters. The predicted octanol–water partition coefficient (Wildman–Crippen LogP) is 2.39. The van der Waals surface area contributed by atoms with E-state index in [4.69, 9.17) is 0 Å². The molecule has 4 heteroatoms. The van der Waals surface area contributed by atoms with E-state index in [0.717, 1.165) is 12.4 Å². The zero-order valence-corrected chi connectivity index (χ0v) is 9.71. The van der Waals surface area contributed by atoms with Gasteiger partial charge in [-0.1, -0.05) is 0 Å². The summed E-state index contributed by atoms with van der Waals surface area (Å²) in [6.07, 6.45) is 4.24. The zero-order valence-electron chi connectivity index (χ0n) is 7.55. The Balaban J connectivity index is 2.30. The number of rotatable bonds is 3. The molecule has 0 unspecified atom stereocenters. The van der Waals surface area contributed by atoms with Crippen LogP contribution < -0.4 is 5.32 Å². The number of nitrogens with zero attached hydrogens (tertiary/aromatic N) is 2.